The molecule has 0 unspecified atom stereocenters. The summed E-state index contributed by atoms with van der Waals surface area (Å²) in [6, 6.07) is 0. The van der Waals surface area contributed by atoms with Crippen LogP contribution in [-0.4, -0.2) is 30.3 Å². The van der Waals surface area contributed by atoms with Crippen LogP contribution in [0, 0.1) is 5.92 Å². The number of nitrogens with zero attached hydrogens (tertiary/aromatic N) is 1. The fourth-order valence-electron chi connectivity index (χ4n) is 1.10. The molecule has 2 nitrogen and oxygen atoms in total. The van der Waals surface area contributed by atoms with Crippen LogP contribution in [0.5, 0.6) is 0 Å². The summed E-state index contributed by atoms with van der Waals surface area (Å²) in [5.41, 5.74) is 0. The first kappa shape index (κ1) is 11.6. The van der Waals surface area contributed by atoms with Gasteiger partial charge >= 0.3 is 0 Å². The van der Waals surface area contributed by atoms with Gasteiger partial charge in [-0.25, -0.2) is 0 Å². The van der Waals surface area contributed by atoms with Gasteiger partial charge in [0, 0.05) is 18.9 Å². The highest BCUT2D eigenvalue weighted by Gasteiger charge is 2.08. The molecule has 72 valence electrons. The molecule has 0 fully saturated rings. The quantitative estimate of drug-likeness (QED) is 0.608. The Morgan fingerprint density at radius 3 is 2.08 bits per heavy atom. The molecule has 0 rings (SSSR count). The van der Waals surface area contributed by atoms with E-state index < -0.39 is 0 Å². The first-order valence-electron chi connectivity index (χ1n) is 4.86. The van der Waals surface area contributed by atoms with Crippen molar-refractivity contribution in [2.24, 2.45) is 5.92 Å². The van der Waals surface area contributed by atoms with Crippen molar-refractivity contribution in [3.8, 4) is 0 Å². The molecule has 0 aliphatic carbocycles. The van der Waals surface area contributed by atoms with Crippen LogP contribution in [0.3, 0.4) is 0 Å². The molecule has 0 heterocycles. The van der Waals surface area contributed by atoms with Gasteiger partial charge in [-0.3, -0.25) is 4.79 Å². The standard InChI is InChI=1S/C10H21NO/c1-5-11(6-2)8-7-10(12)9(3)4/h9H,5-8H2,1-4H3. The molecule has 0 aliphatic rings. The van der Waals surface area contributed by atoms with E-state index in [0.717, 1.165) is 19.6 Å². The molecule has 0 aliphatic heterocycles. The topological polar surface area (TPSA) is 20.3 Å². The molecular weight excluding hydrogens is 150 g/mol. The Morgan fingerprint density at radius 1 is 1.25 bits per heavy atom. The van der Waals surface area contributed by atoms with Crippen LogP contribution in [0.1, 0.15) is 34.1 Å². The number of ketones is 1. The molecule has 0 saturated carbocycles. The highest BCUT2D eigenvalue weighted by atomic mass is 16.1. The molecule has 12 heavy (non-hydrogen) atoms. The molecule has 0 atom stereocenters. The van der Waals surface area contributed by atoms with Gasteiger partial charge in [0.25, 0.3) is 0 Å². The molecule has 0 bridgehead atoms. The summed E-state index contributed by atoms with van der Waals surface area (Å²) in [5, 5.41) is 0. The van der Waals surface area contributed by atoms with Gasteiger partial charge in [0.15, 0.2) is 0 Å². The SMILES string of the molecule is CCN(CC)CCC(=O)C(C)C. The second kappa shape index (κ2) is 6.18. The number of Topliss-reactive ketones (excluding diaryl/α,β-unsaturated/α-hetero) is 1. The van der Waals surface area contributed by atoms with Crippen LogP contribution in [0.15, 0.2) is 0 Å². The number of carbonyl (C=O) groups is 1. The summed E-state index contributed by atoms with van der Waals surface area (Å²) in [7, 11) is 0. The van der Waals surface area contributed by atoms with Crippen LogP contribution >= 0.6 is 0 Å². The second-order valence-electron chi connectivity index (χ2n) is 3.40. The van der Waals surface area contributed by atoms with Crippen molar-refractivity contribution in [3.63, 3.8) is 0 Å². The lowest BCUT2D eigenvalue weighted by molar-refractivity contribution is -0.122. The van der Waals surface area contributed by atoms with Crippen LogP contribution < -0.4 is 0 Å². The zero-order chi connectivity index (χ0) is 9.56. The van der Waals surface area contributed by atoms with E-state index in [2.05, 4.69) is 18.7 Å². The molecule has 0 aromatic carbocycles. The van der Waals surface area contributed by atoms with Gasteiger partial charge in [-0.15, -0.1) is 0 Å². The Bertz CT molecular complexity index is 128. The third kappa shape index (κ3) is 4.50. The summed E-state index contributed by atoms with van der Waals surface area (Å²) in [5.74, 6) is 0.572. The Balaban J connectivity index is 3.59. The maximum absolute atomic E-state index is 11.3. The molecule has 0 saturated heterocycles. The zero-order valence-corrected chi connectivity index (χ0v) is 8.76. The molecule has 0 amide bonds. The van der Waals surface area contributed by atoms with Crippen molar-refractivity contribution in [1.82, 2.24) is 4.90 Å². The van der Waals surface area contributed by atoms with Crippen molar-refractivity contribution in [3.05, 3.63) is 0 Å². The molecule has 0 radical (unpaired) electrons. The van der Waals surface area contributed by atoms with Crippen molar-refractivity contribution >= 4 is 5.78 Å². The lowest BCUT2D eigenvalue weighted by Gasteiger charge is -2.17. The van der Waals surface area contributed by atoms with E-state index in [-0.39, 0.29) is 5.92 Å². The highest BCUT2D eigenvalue weighted by molar-refractivity contribution is 5.80. The fourth-order valence-corrected chi connectivity index (χ4v) is 1.10. The summed E-state index contributed by atoms with van der Waals surface area (Å²) < 4.78 is 0. The minimum Gasteiger partial charge on any atom is -0.303 e. The van der Waals surface area contributed by atoms with Gasteiger partial charge in [-0.05, 0) is 13.1 Å². The number of hydrogen-bond donors (Lipinski definition) is 0. The number of rotatable bonds is 6. The first-order valence-corrected chi connectivity index (χ1v) is 4.86. The van der Waals surface area contributed by atoms with Crippen LogP contribution in [0.25, 0.3) is 0 Å². The molecular formula is C10H21NO. The summed E-state index contributed by atoms with van der Waals surface area (Å²) in [6.45, 7) is 11.2. The van der Waals surface area contributed by atoms with E-state index in [1.807, 2.05) is 13.8 Å². The predicted octanol–water partition coefficient (Wildman–Crippen LogP) is 1.94. The molecule has 0 spiro atoms. The Labute approximate surface area is 75.9 Å². The van der Waals surface area contributed by atoms with Crippen molar-refractivity contribution < 1.29 is 4.79 Å². The van der Waals surface area contributed by atoms with E-state index >= 15 is 0 Å². The summed E-state index contributed by atoms with van der Waals surface area (Å²) in [6.07, 6.45) is 0.708. The Morgan fingerprint density at radius 2 is 1.75 bits per heavy atom. The molecule has 0 aromatic heterocycles. The van der Waals surface area contributed by atoms with E-state index in [1.165, 1.54) is 0 Å². The van der Waals surface area contributed by atoms with Gasteiger partial charge in [-0.2, -0.15) is 0 Å². The smallest absolute Gasteiger partial charge is 0.136 e. The Hall–Kier alpha value is -0.370. The van der Waals surface area contributed by atoms with E-state index in [4.69, 9.17) is 0 Å². The Kier molecular flexibility index (Phi) is 5.99. The van der Waals surface area contributed by atoms with Gasteiger partial charge in [-0.1, -0.05) is 27.7 Å². The molecule has 0 aromatic rings. The van der Waals surface area contributed by atoms with Crippen LogP contribution in [0.4, 0.5) is 0 Å². The van der Waals surface area contributed by atoms with E-state index in [0.29, 0.717) is 12.2 Å². The second-order valence-corrected chi connectivity index (χ2v) is 3.40. The largest absolute Gasteiger partial charge is 0.303 e. The highest BCUT2D eigenvalue weighted by Crippen LogP contribution is 2.00. The average molecular weight is 171 g/mol. The van der Waals surface area contributed by atoms with Gasteiger partial charge < -0.3 is 4.90 Å². The summed E-state index contributed by atoms with van der Waals surface area (Å²) in [4.78, 5) is 13.5. The monoisotopic (exact) mass is 171 g/mol. The minimum absolute atomic E-state index is 0.195. The zero-order valence-electron chi connectivity index (χ0n) is 8.76. The van der Waals surface area contributed by atoms with Gasteiger partial charge in [0.05, 0.1) is 0 Å². The lowest BCUT2D eigenvalue weighted by Crippen LogP contribution is -2.26. The van der Waals surface area contributed by atoms with Crippen molar-refractivity contribution in [1.29, 1.82) is 0 Å². The van der Waals surface area contributed by atoms with Gasteiger partial charge in [0.1, 0.15) is 5.78 Å². The fraction of sp³-hybridized carbons (Fsp3) is 0.900. The third-order valence-corrected chi connectivity index (χ3v) is 2.21. The normalized spacial score (nSPS) is 11.2. The number of hydrogen-bond acceptors (Lipinski definition) is 2. The van der Waals surface area contributed by atoms with E-state index in [1.54, 1.807) is 0 Å². The lowest BCUT2D eigenvalue weighted by atomic mass is 10.1. The average Bonchev–Trinajstić information content (AvgIpc) is 2.05. The van der Waals surface area contributed by atoms with Crippen molar-refractivity contribution in [2.75, 3.05) is 19.6 Å². The first-order chi connectivity index (χ1) is 5.61. The summed E-state index contributed by atoms with van der Waals surface area (Å²) >= 11 is 0. The third-order valence-electron chi connectivity index (χ3n) is 2.21. The maximum atomic E-state index is 11.3. The minimum atomic E-state index is 0.195. The predicted molar refractivity (Wildman–Crippen MR) is 52.3 cm³/mol. The van der Waals surface area contributed by atoms with Gasteiger partial charge in [0.2, 0.25) is 0 Å². The van der Waals surface area contributed by atoms with Crippen LogP contribution in [0.2, 0.25) is 0 Å². The number of carbonyl (C=O) groups excluding carboxylic acids is 1. The van der Waals surface area contributed by atoms with Crippen LogP contribution in [-0.2, 0) is 4.79 Å². The maximum Gasteiger partial charge on any atom is 0.136 e. The van der Waals surface area contributed by atoms with E-state index in [9.17, 15) is 4.79 Å². The molecule has 2 heteroatoms. The van der Waals surface area contributed by atoms with Crippen molar-refractivity contribution in [2.45, 2.75) is 34.1 Å². The molecule has 0 N–H and O–H groups in total.